The molecular weight excluding hydrogens is 432 g/mol. The van der Waals surface area contributed by atoms with E-state index in [9.17, 15) is 9.59 Å². The van der Waals surface area contributed by atoms with Gasteiger partial charge < -0.3 is 15.5 Å². The molecule has 2 N–H and O–H groups in total. The molecule has 0 aliphatic carbocycles. The average Bonchev–Trinajstić information content (AvgIpc) is 3.17. The fourth-order valence-electron chi connectivity index (χ4n) is 2.90. The SMILES string of the molecule is Cc1ccc(NC(=O)c2csc(CN(C(=O)Nc3cccc(Cl)c3)C(C)C)n2)cc1C. The van der Waals surface area contributed by atoms with Crippen molar-refractivity contribution in [1.82, 2.24) is 9.88 Å². The van der Waals surface area contributed by atoms with Crippen LogP contribution in [0.1, 0.15) is 40.5 Å². The van der Waals surface area contributed by atoms with Crippen molar-refractivity contribution in [3.8, 4) is 0 Å². The predicted molar refractivity (Wildman–Crippen MR) is 127 cm³/mol. The summed E-state index contributed by atoms with van der Waals surface area (Å²) in [5, 5.41) is 8.67. The van der Waals surface area contributed by atoms with Gasteiger partial charge in [-0.1, -0.05) is 23.7 Å². The maximum Gasteiger partial charge on any atom is 0.322 e. The first-order chi connectivity index (χ1) is 14.7. The first kappa shape index (κ1) is 22.8. The number of hydrogen-bond donors (Lipinski definition) is 2. The molecule has 3 amide bonds. The Morgan fingerprint density at radius 1 is 1.06 bits per heavy atom. The van der Waals surface area contributed by atoms with Gasteiger partial charge in [-0.25, -0.2) is 9.78 Å². The summed E-state index contributed by atoms with van der Waals surface area (Å²) in [5.74, 6) is -0.273. The van der Waals surface area contributed by atoms with E-state index in [1.54, 1.807) is 34.5 Å². The molecule has 0 bridgehead atoms. The lowest BCUT2D eigenvalue weighted by atomic mass is 10.1. The van der Waals surface area contributed by atoms with Crippen molar-refractivity contribution < 1.29 is 9.59 Å². The van der Waals surface area contributed by atoms with Crippen LogP contribution >= 0.6 is 22.9 Å². The van der Waals surface area contributed by atoms with Crippen molar-refractivity contribution in [3.63, 3.8) is 0 Å². The Morgan fingerprint density at radius 2 is 1.81 bits per heavy atom. The second kappa shape index (κ2) is 9.94. The number of amides is 3. The van der Waals surface area contributed by atoms with Crippen molar-refractivity contribution in [2.75, 3.05) is 10.6 Å². The molecular formula is C23H25ClN4O2S. The van der Waals surface area contributed by atoms with E-state index in [4.69, 9.17) is 11.6 Å². The van der Waals surface area contributed by atoms with Crippen molar-refractivity contribution in [2.24, 2.45) is 0 Å². The van der Waals surface area contributed by atoms with Gasteiger partial charge in [0.1, 0.15) is 10.7 Å². The molecule has 0 aliphatic rings. The molecule has 0 unspecified atom stereocenters. The molecule has 31 heavy (non-hydrogen) atoms. The summed E-state index contributed by atoms with van der Waals surface area (Å²) in [6, 6.07) is 12.4. The highest BCUT2D eigenvalue weighted by atomic mass is 35.5. The number of rotatable bonds is 6. The second-order valence-corrected chi connectivity index (χ2v) is 8.92. The van der Waals surface area contributed by atoms with E-state index >= 15 is 0 Å². The van der Waals surface area contributed by atoms with Crippen LogP contribution in [0.3, 0.4) is 0 Å². The lowest BCUT2D eigenvalue weighted by Crippen LogP contribution is -2.39. The van der Waals surface area contributed by atoms with E-state index in [-0.39, 0.29) is 18.0 Å². The standard InChI is InChI=1S/C23H25ClN4O2S/c1-14(2)28(23(30)26-18-7-5-6-17(24)11-18)12-21-27-20(13-31-21)22(29)25-19-9-8-15(3)16(4)10-19/h5-11,13-14H,12H2,1-4H3,(H,25,29)(H,26,30). The van der Waals surface area contributed by atoms with Gasteiger partial charge in [0.25, 0.3) is 5.91 Å². The molecule has 0 fully saturated rings. The van der Waals surface area contributed by atoms with Crippen molar-refractivity contribution in [3.05, 3.63) is 74.7 Å². The molecule has 8 heteroatoms. The van der Waals surface area contributed by atoms with Crippen LogP contribution in [0.25, 0.3) is 0 Å². The zero-order valence-corrected chi connectivity index (χ0v) is 19.5. The highest BCUT2D eigenvalue weighted by molar-refractivity contribution is 7.09. The van der Waals surface area contributed by atoms with Crippen molar-refractivity contribution in [1.29, 1.82) is 0 Å². The number of carbonyl (C=O) groups is 2. The predicted octanol–water partition coefficient (Wildman–Crippen LogP) is 6.11. The Kier molecular flexibility index (Phi) is 7.30. The van der Waals surface area contributed by atoms with Gasteiger partial charge >= 0.3 is 6.03 Å². The van der Waals surface area contributed by atoms with Crippen LogP contribution in [0.15, 0.2) is 47.8 Å². The summed E-state index contributed by atoms with van der Waals surface area (Å²) in [5.41, 5.74) is 3.95. The Morgan fingerprint density at radius 3 is 2.48 bits per heavy atom. The Bertz CT molecular complexity index is 1100. The van der Waals surface area contributed by atoms with Crippen LogP contribution < -0.4 is 10.6 Å². The Labute approximate surface area is 191 Å². The molecule has 0 aliphatic heterocycles. The molecule has 3 rings (SSSR count). The largest absolute Gasteiger partial charge is 0.322 e. The van der Waals surface area contributed by atoms with Gasteiger partial charge in [0.05, 0.1) is 6.54 Å². The number of urea groups is 1. The van der Waals surface area contributed by atoms with E-state index in [1.807, 2.05) is 45.9 Å². The number of hydrogen-bond acceptors (Lipinski definition) is 4. The number of aryl methyl sites for hydroxylation is 2. The lowest BCUT2D eigenvalue weighted by Gasteiger charge is -2.26. The first-order valence-corrected chi connectivity index (χ1v) is 11.1. The minimum Gasteiger partial charge on any atom is -0.321 e. The first-order valence-electron chi connectivity index (χ1n) is 9.89. The summed E-state index contributed by atoms with van der Waals surface area (Å²) in [7, 11) is 0. The zero-order valence-electron chi connectivity index (χ0n) is 17.9. The topological polar surface area (TPSA) is 74.3 Å². The van der Waals surface area contributed by atoms with Crippen LogP contribution in [-0.4, -0.2) is 27.9 Å². The molecule has 0 saturated carbocycles. The highest BCUT2D eigenvalue weighted by Crippen LogP contribution is 2.20. The van der Waals surface area contributed by atoms with Crippen molar-refractivity contribution in [2.45, 2.75) is 40.3 Å². The number of nitrogens with zero attached hydrogens (tertiary/aromatic N) is 2. The number of anilines is 2. The molecule has 0 spiro atoms. The van der Waals surface area contributed by atoms with Gasteiger partial charge in [0.15, 0.2) is 0 Å². The number of aromatic nitrogens is 1. The molecule has 0 radical (unpaired) electrons. The molecule has 1 aromatic heterocycles. The molecule has 6 nitrogen and oxygen atoms in total. The van der Waals surface area contributed by atoms with Crippen LogP contribution in [-0.2, 0) is 6.54 Å². The van der Waals surface area contributed by atoms with Gasteiger partial charge in [0.2, 0.25) is 0 Å². The number of halogens is 1. The van der Waals surface area contributed by atoms with E-state index in [0.717, 1.165) is 11.3 Å². The number of benzene rings is 2. The van der Waals surface area contributed by atoms with Gasteiger partial charge in [0, 0.05) is 27.8 Å². The number of carbonyl (C=O) groups excluding carboxylic acids is 2. The highest BCUT2D eigenvalue weighted by Gasteiger charge is 2.20. The van der Waals surface area contributed by atoms with Gasteiger partial charge in [-0.3, -0.25) is 4.79 Å². The Balaban J connectivity index is 1.67. The molecule has 3 aromatic rings. The fourth-order valence-corrected chi connectivity index (χ4v) is 3.86. The van der Waals surface area contributed by atoms with Crippen LogP contribution in [0.2, 0.25) is 5.02 Å². The quantitative estimate of drug-likeness (QED) is 0.470. The number of thiazole rings is 1. The van der Waals surface area contributed by atoms with Crippen LogP contribution in [0.4, 0.5) is 16.2 Å². The monoisotopic (exact) mass is 456 g/mol. The third-order valence-corrected chi connectivity index (χ3v) is 5.88. The molecule has 1 heterocycles. The molecule has 0 saturated heterocycles. The van der Waals surface area contributed by atoms with E-state index < -0.39 is 0 Å². The molecule has 2 aromatic carbocycles. The Hall–Kier alpha value is -2.90. The normalized spacial score (nSPS) is 10.8. The molecule has 162 valence electrons. The maximum absolute atomic E-state index is 12.8. The van der Waals surface area contributed by atoms with Crippen molar-refractivity contribution >= 4 is 46.3 Å². The summed E-state index contributed by atoms with van der Waals surface area (Å²) >= 11 is 7.35. The maximum atomic E-state index is 12.8. The summed E-state index contributed by atoms with van der Waals surface area (Å²) < 4.78 is 0. The van der Waals surface area contributed by atoms with E-state index in [0.29, 0.717) is 28.0 Å². The fraction of sp³-hybridized carbons (Fsp3) is 0.261. The minimum absolute atomic E-state index is 0.0594. The van der Waals surface area contributed by atoms with E-state index in [1.165, 1.54) is 16.9 Å². The second-order valence-electron chi connectivity index (χ2n) is 7.54. The smallest absolute Gasteiger partial charge is 0.321 e. The molecule has 0 atom stereocenters. The third kappa shape index (κ3) is 6.06. The van der Waals surface area contributed by atoms with E-state index in [2.05, 4.69) is 15.6 Å². The minimum atomic E-state index is -0.273. The number of nitrogens with one attached hydrogen (secondary N) is 2. The summed E-state index contributed by atoms with van der Waals surface area (Å²) in [6.07, 6.45) is 0. The van der Waals surface area contributed by atoms with Crippen LogP contribution in [0, 0.1) is 13.8 Å². The third-order valence-electron chi connectivity index (χ3n) is 4.81. The average molecular weight is 457 g/mol. The summed E-state index contributed by atoms with van der Waals surface area (Å²) in [4.78, 5) is 31.5. The van der Waals surface area contributed by atoms with Crippen LogP contribution in [0.5, 0.6) is 0 Å². The van der Waals surface area contributed by atoms with Gasteiger partial charge in [-0.05, 0) is 69.2 Å². The van der Waals surface area contributed by atoms with Gasteiger partial charge in [-0.15, -0.1) is 11.3 Å². The van der Waals surface area contributed by atoms with Gasteiger partial charge in [-0.2, -0.15) is 0 Å². The summed E-state index contributed by atoms with van der Waals surface area (Å²) in [6.45, 7) is 8.18. The lowest BCUT2D eigenvalue weighted by molar-refractivity contribution is 0.102. The zero-order chi connectivity index (χ0) is 22.5.